The molecule has 2 heterocycles. The minimum atomic E-state index is 0.547. The van der Waals surface area contributed by atoms with E-state index in [2.05, 4.69) is 42.8 Å². The molecule has 1 atom stereocenters. The second-order valence-corrected chi connectivity index (χ2v) is 6.30. The average Bonchev–Trinajstić information content (AvgIpc) is 3.01. The highest BCUT2D eigenvalue weighted by Crippen LogP contribution is 2.40. The van der Waals surface area contributed by atoms with Crippen molar-refractivity contribution in [2.24, 2.45) is 0 Å². The molecule has 1 aliphatic rings. The quantitative estimate of drug-likeness (QED) is 0.936. The fraction of sp³-hybridized carbons (Fsp3) is 0.438. The van der Waals surface area contributed by atoms with Crippen molar-refractivity contribution < 1.29 is 0 Å². The highest BCUT2D eigenvalue weighted by molar-refractivity contribution is 7.99. The van der Waals surface area contributed by atoms with Crippen LogP contribution in [0.3, 0.4) is 0 Å². The van der Waals surface area contributed by atoms with Gasteiger partial charge in [-0.2, -0.15) is 5.10 Å². The number of nitrogen functional groups attached to an aromatic ring is 1. The lowest BCUT2D eigenvalue weighted by molar-refractivity contribution is 0.526. The zero-order chi connectivity index (χ0) is 14.1. The van der Waals surface area contributed by atoms with Crippen LogP contribution in [0.15, 0.2) is 29.2 Å². The van der Waals surface area contributed by atoms with Crippen LogP contribution in [-0.2, 0) is 19.4 Å². The van der Waals surface area contributed by atoms with Crippen molar-refractivity contribution in [3.05, 3.63) is 41.2 Å². The minimum absolute atomic E-state index is 0.547. The number of hydrogen-bond acceptors (Lipinski definition) is 3. The number of benzene rings is 1. The number of nitrogens with zero attached hydrogens (tertiary/aromatic N) is 2. The van der Waals surface area contributed by atoms with Gasteiger partial charge in [0.05, 0.1) is 17.1 Å². The number of aromatic nitrogens is 2. The van der Waals surface area contributed by atoms with Crippen LogP contribution in [0.25, 0.3) is 0 Å². The van der Waals surface area contributed by atoms with Gasteiger partial charge in [0.15, 0.2) is 0 Å². The molecule has 4 heteroatoms. The fourth-order valence-corrected chi connectivity index (χ4v) is 4.18. The smallest absolute Gasteiger partial charge is 0.0854 e. The number of anilines is 1. The lowest BCUT2D eigenvalue weighted by atomic mass is 10.0. The Labute approximate surface area is 124 Å². The summed E-state index contributed by atoms with van der Waals surface area (Å²) in [6, 6.07) is 8.72. The summed E-state index contributed by atoms with van der Waals surface area (Å²) in [7, 11) is 0. The van der Waals surface area contributed by atoms with Crippen LogP contribution in [0, 0.1) is 0 Å². The molecule has 1 aromatic heterocycles. The molecule has 1 aliphatic heterocycles. The van der Waals surface area contributed by atoms with Gasteiger partial charge in [0, 0.05) is 23.1 Å². The number of nitrogens with two attached hydrogens (primary N) is 1. The van der Waals surface area contributed by atoms with Gasteiger partial charge < -0.3 is 5.73 Å². The Morgan fingerprint density at radius 2 is 2.10 bits per heavy atom. The highest BCUT2D eigenvalue weighted by Gasteiger charge is 2.24. The van der Waals surface area contributed by atoms with E-state index >= 15 is 0 Å². The third-order valence-corrected chi connectivity index (χ3v) is 5.29. The third-order valence-electron chi connectivity index (χ3n) is 4.04. The van der Waals surface area contributed by atoms with Gasteiger partial charge in [-0.15, -0.1) is 11.8 Å². The molecule has 2 aromatic rings. The summed E-state index contributed by atoms with van der Waals surface area (Å²) in [5.74, 6) is 1.69. The first-order chi connectivity index (χ1) is 9.74. The summed E-state index contributed by atoms with van der Waals surface area (Å²) in [6.07, 6.45) is 1.85. The van der Waals surface area contributed by atoms with Crippen molar-refractivity contribution in [3.8, 4) is 0 Å². The van der Waals surface area contributed by atoms with Crippen LogP contribution in [0.1, 0.15) is 36.7 Å². The van der Waals surface area contributed by atoms with Crippen molar-refractivity contribution in [2.45, 2.75) is 44.0 Å². The van der Waals surface area contributed by atoms with E-state index in [0.717, 1.165) is 36.5 Å². The normalized spacial score (nSPS) is 17.4. The lowest BCUT2D eigenvalue weighted by Gasteiger charge is -2.13. The molecule has 3 nitrogen and oxygen atoms in total. The van der Waals surface area contributed by atoms with Gasteiger partial charge in [-0.05, 0) is 24.5 Å². The van der Waals surface area contributed by atoms with E-state index in [-0.39, 0.29) is 0 Å². The summed E-state index contributed by atoms with van der Waals surface area (Å²) in [4.78, 5) is 1.42. The topological polar surface area (TPSA) is 43.8 Å². The van der Waals surface area contributed by atoms with E-state index in [1.54, 1.807) is 0 Å². The molecule has 1 aromatic carbocycles. The molecule has 0 spiro atoms. The second-order valence-electron chi connectivity index (χ2n) is 5.24. The predicted molar refractivity (Wildman–Crippen MR) is 85.3 cm³/mol. The summed E-state index contributed by atoms with van der Waals surface area (Å²) >= 11 is 1.95. The first-order valence-corrected chi connectivity index (χ1v) is 8.28. The van der Waals surface area contributed by atoms with E-state index in [0.29, 0.717) is 5.92 Å². The van der Waals surface area contributed by atoms with Crippen LogP contribution in [0.5, 0.6) is 0 Å². The van der Waals surface area contributed by atoms with Gasteiger partial charge in [0.25, 0.3) is 0 Å². The first-order valence-electron chi connectivity index (χ1n) is 7.30. The highest BCUT2D eigenvalue weighted by atomic mass is 32.2. The predicted octanol–water partition coefficient (Wildman–Crippen LogP) is 3.48. The Balaban J connectivity index is 1.89. The number of aryl methyl sites for hydroxylation is 1. The maximum atomic E-state index is 6.21. The molecule has 0 fully saturated rings. The fourth-order valence-electron chi connectivity index (χ4n) is 2.94. The molecular formula is C16H21N3S. The van der Waals surface area contributed by atoms with Crippen LogP contribution in [0.4, 0.5) is 5.69 Å². The SMILES string of the molecule is CCc1nn(CC2CSc3ccccc32)c(CC)c1N. The molecular weight excluding hydrogens is 266 g/mol. The molecule has 0 radical (unpaired) electrons. The van der Waals surface area contributed by atoms with Crippen molar-refractivity contribution in [2.75, 3.05) is 11.5 Å². The van der Waals surface area contributed by atoms with Crippen LogP contribution in [-0.4, -0.2) is 15.5 Å². The maximum Gasteiger partial charge on any atom is 0.0854 e. The molecule has 106 valence electrons. The second kappa shape index (κ2) is 5.52. The van der Waals surface area contributed by atoms with Gasteiger partial charge in [-0.3, -0.25) is 4.68 Å². The summed E-state index contributed by atoms with van der Waals surface area (Å²) in [6.45, 7) is 5.21. The Hall–Kier alpha value is -1.42. The van der Waals surface area contributed by atoms with Crippen LogP contribution >= 0.6 is 11.8 Å². The van der Waals surface area contributed by atoms with Crippen molar-refractivity contribution in [1.29, 1.82) is 0 Å². The Kier molecular flexibility index (Phi) is 3.74. The number of hydrogen-bond donors (Lipinski definition) is 1. The monoisotopic (exact) mass is 287 g/mol. The molecule has 0 saturated carbocycles. The van der Waals surface area contributed by atoms with Crippen molar-refractivity contribution in [1.82, 2.24) is 9.78 Å². The minimum Gasteiger partial charge on any atom is -0.396 e. The summed E-state index contributed by atoms with van der Waals surface area (Å²) < 4.78 is 2.14. The van der Waals surface area contributed by atoms with Gasteiger partial charge in [0.1, 0.15) is 0 Å². The van der Waals surface area contributed by atoms with E-state index in [9.17, 15) is 0 Å². The number of fused-ring (bicyclic) bond motifs is 1. The average molecular weight is 287 g/mol. The van der Waals surface area contributed by atoms with Gasteiger partial charge in [0.2, 0.25) is 0 Å². The molecule has 0 bridgehead atoms. The molecule has 1 unspecified atom stereocenters. The van der Waals surface area contributed by atoms with Gasteiger partial charge in [-0.1, -0.05) is 32.0 Å². The van der Waals surface area contributed by atoms with Crippen molar-refractivity contribution >= 4 is 17.4 Å². The Morgan fingerprint density at radius 3 is 2.85 bits per heavy atom. The number of rotatable bonds is 4. The zero-order valence-corrected chi connectivity index (χ0v) is 12.9. The molecule has 20 heavy (non-hydrogen) atoms. The summed E-state index contributed by atoms with van der Waals surface area (Å²) in [5, 5.41) is 4.72. The molecule has 0 aliphatic carbocycles. The number of thioether (sulfide) groups is 1. The maximum absolute atomic E-state index is 6.21. The van der Waals surface area contributed by atoms with Crippen LogP contribution < -0.4 is 5.73 Å². The standard InChI is InChI=1S/C16H21N3S/c1-3-13-16(17)14(4-2)19(18-13)9-11-10-20-15-8-6-5-7-12(11)15/h5-8,11H,3-4,9-10,17H2,1-2H3. The molecule has 3 rings (SSSR count). The Morgan fingerprint density at radius 1 is 1.30 bits per heavy atom. The lowest BCUT2D eigenvalue weighted by Crippen LogP contribution is -2.13. The molecule has 2 N–H and O–H groups in total. The Bertz CT molecular complexity index is 618. The summed E-state index contributed by atoms with van der Waals surface area (Å²) in [5.41, 5.74) is 10.8. The van der Waals surface area contributed by atoms with E-state index in [4.69, 9.17) is 10.8 Å². The van der Waals surface area contributed by atoms with E-state index in [1.807, 2.05) is 11.8 Å². The first kappa shape index (κ1) is 13.6. The third kappa shape index (κ3) is 2.22. The van der Waals surface area contributed by atoms with Crippen LogP contribution in [0.2, 0.25) is 0 Å². The molecule has 0 saturated heterocycles. The van der Waals surface area contributed by atoms with Gasteiger partial charge in [-0.25, -0.2) is 0 Å². The largest absolute Gasteiger partial charge is 0.396 e. The molecule has 0 amide bonds. The van der Waals surface area contributed by atoms with Gasteiger partial charge >= 0.3 is 0 Å². The van der Waals surface area contributed by atoms with Crippen molar-refractivity contribution in [3.63, 3.8) is 0 Å². The zero-order valence-electron chi connectivity index (χ0n) is 12.1. The van der Waals surface area contributed by atoms with E-state index in [1.165, 1.54) is 16.2 Å². The van der Waals surface area contributed by atoms with E-state index < -0.39 is 0 Å².